The maximum absolute atomic E-state index is 5.19. The molecule has 3 heteroatoms. The lowest BCUT2D eigenvalue weighted by atomic mass is 10.0. The van der Waals surface area contributed by atoms with Gasteiger partial charge in [-0.05, 0) is 26.3 Å². The van der Waals surface area contributed by atoms with Crippen LogP contribution in [0.1, 0.15) is 26.2 Å². The zero-order valence-electron chi connectivity index (χ0n) is 8.63. The van der Waals surface area contributed by atoms with Crippen LogP contribution in [0.3, 0.4) is 0 Å². The van der Waals surface area contributed by atoms with E-state index in [4.69, 9.17) is 4.74 Å². The second-order valence-electron chi connectivity index (χ2n) is 3.85. The summed E-state index contributed by atoms with van der Waals surface area (Å²) in [4.78, 5) is 2.57. The van der Waals surface area contributed by atoms with E-state index in [1.807, 2.05) is 0 Å². The van der Waals surface area contributed by atoms with Crippen LogP contribution in [0, 0.1) is 0 Å². The van der Waals surface area contributed by atoms with Gasteiger partial charge in [0.2, 0.25) is 0 Å². The van der Waals surface area contributed by atoms with Crippen molar-refractivity contribution in [3.8, 4) is 0 Å². The number of likely N-dealkylation sites (tertiary alicyclic amines) is 1. The van der Waals surface area contributed by atoms with Gasteiger partial charge in [0.25, 0.3) is 0 Å². The second kappa shape index (κ2) is 5.99. The molecule has 1 aliphatic heterocycles. The molecule has 0 aromatic heterocycles. The van der Waals surface area contributed by atoms with E-state index in [1.165, 1.54) is 25.8 Å². The van der Waals surface area contributed by atoms with Gasteiger partial charge in [0.1, 0.15) is 0 Å². The Kier molecular flexibility index (Phi) is 5.29. The Hall–Kier alpha value is 0.400. The van der Waals surface area contributed by atoms with Gasteiger partial charge in [-0.1, -0.05) is 22.4 Å². The number of nitrogens with zero attached hydrogens (tertiary/aromatic N) is 1. The Bertz CT molecular complexity index is 143. The van der Waals surface area contributed by atoms with E-state index < -0.39 is 0 Å². The van der Waals surface area contributed by atoms with Crippen molar-refractivity contribution < 1.29 is 4.74 Å². The number of hydrogen-bond acceptors (Lipinski definition) is 2. The van der Waals surface area contributed by atoms with Crippen LogP contribution >= 0.6 is 15.9 Å². The molecule has 2 atom stereocenters. The van der Waals surface area contributed by atoms with Crippen molar-refractivity contribution in [2.75, 3.05) is 25.6 Å². The molecule has 0 aromatic carbocycles. The Morgan fingerprint density at radius 3 is 2.92 bits per heavy atom. The maximum atomic E-state index is 5.19. The van der Waals surface area contributed by atoms with Crippen molar-refractivity contribution in [3.63, 3.8) is 0 Å². The summed E-state index contributed by atoms with van der Waals surface area (Å²) in [5.41, 5.74) is 0. The molecule has 1 rings (SSSR count). The first-order chi connectivity index (χ1) is 6.29. The van der Waals surface area contributed by atoms with Crippen LogP contribution in [-0.2, 0) is 4.74 Å². The standard InChI is InChI=1S/C10H20BrNO/c1-9(8-13-2)12-6-4-3-5-10(12)7-11/h9-10H,3-8H2,1-2H3. The molecule has 1 saturated heterocycles. The fourth-order valence-corrected chi connectivity index (χ4v) is 2.80. The van der Waals surface area contributed by atoms with Gasteiger partial charge in [-0.2, -0.15) is 0 Å². The number of ether oxygens (including phenoxy) is 1. The number of hydrogen-bond donors (Lipinski definition) is 0. The molecule has 2 unspecified atom stereocenters. The summed E-state index contributed by atoms with van der Waals surface area (Å²) in [6.07, 6.45) is 4.06. The van der Waals surface area contributed by atoms with Gasteiger partial charge in [-0.3, -0.25) is 4.90 Å². The Morgan fingerprint density at radius 2 is 2.31 bits per heavy atom. The highest BCUT2D eigenvalue weighted by Gasteiger charge is 2.25. The molecule has 0 N–H and O–H groups in total. The SMILES string of the molecule is COCC(C)N1CCCCC1CBr. The van der Waals surface area contributed by atoms with Crippen molar-refractivity contribution in [2.45, 2.75) is 38.3 Å². The fourth-order valence-electron chi connectivity index (χ4n) is 2.11. The lowest BCUT2D eigenvalue weighted by Crippen LogP contribution is -2.47. The Morgan fingerprint density at radius 1 is 1.54 bits per heavy atom. The molecule has 13 heavy (non-hydrogen) atoms. The van der Waals surface area contributed by atoms with E-state index in [0.29, 0.717) is 6.04 Å². The van der Waals surface area contributed by atoms with Crippen LogP contribution in [0.15, 0.2) is 0 Å². The molecule has 0 amide bonds. The van der Waals surface area contributed by atoms with Gasteiger partial charge >= 0.3 is 0 Å². The Balaban J connectivity index is 2.43. The van der Waals surface area contributed by atoms with Crippen LogP contribution < -0.4 is 0 Å². The van der Waals surface area contributed by atoms with Gasteiger partial charge < -0.3 is 4.74 Å². The molecular weight excluding hydrogens is 230 g/mol. The van der Waals surface area contributed by atoms with E-state index in [9.17, 15) is 0 Å². The third kappa shape index (κ3) is 3.22. The Labute approximate surface area is 89.8 Å². The van der Waals surface area contributed by atoms with E-state index >= 15 is 0 Å². The smallest absolute Gasteiger partial charge is 0.0615 e. The van der Waals surface area contributed by atoms with E-state index in [0.717, 1.165) is 18.0 Å². The van der Waals surface area contributed by atoms with Crippen molar-refractivity contribution in [1.82, 2.24) is 4.90 Å². The summed E-state index contributed by atoms with van der Waals surface area (Å²) in [5.74, 6) is 0. The quantitative estimate of drug-likeness (QED) is 0.710. The molecule has 1 fully saturated rings. The summed E-state index contributed by atoms with van der Waals surface area (Å²) >= 11 is 3.59. The molecule has 78 valence electrons. The number of rotatable bonds is 4. The highest BCUT2D eigenvalue weighted by molar-refractivity contribution is 9.09. The van der Waals surface area contributed by atoms with Gasteiger partial charge in [0, 0.05) is 24.5 Å². The second-order valence-corrected chi connectivity index (χ2v) is 4.49. The van der Waals surface area contributed by atoms with E-state index in [2.05, 4.69) is 27.8 Å². The average Bonchev–Trinajstić information content (AvgIpc) is 2.18. The van der Waals surface area contributed by atoms with Gasteiger partial charge in [0.15, 0.2) is 0 Å². The predicted octanol–water partition coefficient (Wildman–Crippen LogP) is 2.27. The molecule has 2 nitrogen and oxygen atoms in total. The topological polar surface area (TPSA) is 12.5 Å². The summed E-state index contributed by atoms with van der Waals surface area (Å²) in [6.45, 7) is 4.34. The number of alkyl halides is 1. The normalized spacial score (nSPS) is 27.5. The summed E-state index contributed by atoms with van der Waals surface area (Å²) < 4.78 is 5.19. The predicted molar refractivity (Wildman–Crippen MR) is 59.5 cm³/mol. The number of halogens is 1. The highest BCUT2D eigenvalue weighted by atomic mass is 79.9. The van der Waals surface area contributed by atoms with E-state index in [-0.39, 0.29) is 0 Å². The molecule has 0 radical (unpaired) electrons. The zero-order valence-corrected chi connectivity index (χ0v) is 10.2. The third-order valence-corrected chi connectivity index (χ3v) is 3.57. The average molecular weight is 250 g/mol. The lowest BCUT2D eigenvalue weighted by Gasteiger charge is -2.38. The minimum absolute atomic E-state index is 0.563. The summed E-state index contributed by atoms with van der Waals surface area (Å²) in [6, 6.07) is 1.28. The monoisotopic (exact) mass is 249 g/mol. The maximum Gasteiger partial charge on any atom is 0.0615 e. The lowest BCUT2D eigenvalue weighted by molar-refractivity contribution is 0.0575. The summed E-state index contributed by atoms with van der Waals surface area (Å²) in [5, 5.41) is 1.10. The van der Waals surface area contributed by atoms with Crippen LogP contribution in [0.5, 0.6) is 0 Å². The largest absolute Gasteiger partial charge is 0.383 e. The van der Waals surface area contributed by atoms with Crippen molar-refractivity contribution in [1.29, 1.82) is 0 Å². The number of methoxy groups -OCH3 is 1. The first-order valence-electron chi connectivity index (χ1n) is 5.10. The van der Waals surface area contributed by atoms with Crippen LogP contribution in [0.2, 0.25) is 0 Å². The zero-order chi connectivity index (χ0) is 9.68. The van der Waals surface area contributed by atoms with Crippen molar-refractivity contribution >= 4 is 15.9 Å². The van der Waals surface area contributed by atoms with Gasteiger partial charge in [0.05, 0.1) is 6.61 Å². The third-order valence-electron chi connectivity index (χ3n) is 2.82. The molecule has 0 aliphatic carbocycles. The molecule has 1 heterocycles. The molecule has 1 aliphatic rings. The van der Waals surface area contributed by atoms with Gasteiger partial charge in [-0.25, -0.2) is 0 Å². The van der Waals surface area contributed by atoms with Crippen LogP contribution in [0.25, 0.3) is 0 Å². The molecule has 0 spiro atoms. The molecular formula is C10H20BrNO. The van der Waals surface area contributed by atoms with Crippen molar-refractivity contribution in [3.05, 3.63) is 0 Å². The molecule has 0 bridgehead atoms. The minimum Gasteiger partial charge on any atom is -0.383 e. The first kappa shape index (κ1) is 11.5. The highest BCUT2D eigenvalue weighted by Crippen LogP contribution is 2.20. The molecule has 0 saturated carbocycles. The van der Waals surface area contributed by atoms with Crippen LogP contribution in [-0.4, -0.2) is 42.6 Å². The molecule has 0 aromatic rings. The number of piperidine rings is 1. The summed E-state index contributed by atoms with van der Waals surface area (Å²) in [7, 11) is 1.78. The minimum atomic E-state index is 0.563. The van der Waals surface area contributed by atoms with Crippen molar-refractivity contribution in [2.24, 2.45) is 0 Å². The fraction of sp³-hybridized carbons (Fsp3) is 1.00. The van der Waals surface area contributed by atoms with E-state index in [1.54, 1.807) is 7.11 Å². The van der Waals surface area contributed by atoms with Crippen LogP contribution in [0.4, 0.5) is 0 Å². The first-order valence-corrected chi connectivity index (χ1v) is 6.22. The van der Waals surface area contributed by atoms with Gasteiger partial charge in [-0.15, -0.1) is 0 Å².